The number of methoxy groups -OCH3 is 1. The summed E-state index contributed by atoms with van der Waals surface area (Å²) in [6.45, 7) is 2.29. The Hall–Kier alpha value is -2.05. The van der Waals surface area contributed by atoms with Gasteiger partial charge in [-0.05, 0) is 46.9 Å². The van der Waals surface area contributed by atoms with Crippen LogP contribution in [0.5, 0.6) is 5.75 Å². The third-order valence-electron chi connectivity index (χ3n) is 4.25. The number of carbonyl (C=O) groups excluding carboxylic acids is 1. The van der Waals surface area contributed by atoms with Crippen molar-refractivity contribution in [2.24, 2.45) is 0 Å². The molecule has 0 saturated carbocycles. The Morgan fingerprint density at radius 2 is 2.08 bits per heavy atom. The fourth-order valence-corrected chi connectivity index (χ4v) is 3.49. The number of carbonyl (C=O) groups is 1. The summed E-state index contributed by atoms with van der Waals surface area (Å²) in [5.41, 5.74) is 1.00. The number of pyridine rings is 1. The Balaban J connectivity index is 1.75. The van der Waals surface area contributed by atoms with Crippen molar-refractivity contribution in [1.82, 2.24) is 9.88 Å². The highest BCUT2D eigenvalue weighted by molar-refractivity contribution is 14.1. The number of hydrogen-bond donors (Lipinski definition) is 0. The monoisotopic (exact) mass is 482 g/mol. The lowest BCUT2D eigenvalue weighted by Crippen LogP contribution is -2.49. The first-order valence-corrected chi connectivity index (χ1v) is 9.43. The predicted molar refractivity (Wildman–Crippen MR) is 108 cm³/mol. The summed E-state index contributed by atoms with van der Waals surface area (Å²) >= 11 is 8.29. The molecule has 0 N–H and O–H groups in total. The van der Waals surface area contributed by atoms with Crippen LogP contribution in [0.4, 0.5) is 5.82 Å². The van der Waals surface area contributed by atoms with E-state index in [1.54, 1.807) is 42.5 Å². The molecular formula is C18H16ClIN4O2. The molecule has 1 aliphatic rings. The molecule has 0 radical (unpaired) electrons. The van der Waals surface area contributed by atoms with Gasteiger partial charge in [-0.25, -0.2) is 4.98 Å². The number of aromatic nitrogens is 1. The quantitative estimate of drug-likeness (QED) is 0.629. The van der Waals surface area contributed by atoms with Gasteiger partial charge >= 0.3 is 0 Å². The lowest BCUT2D eigenvalue weighted by Gasteiger charge is -2.35. The zero-order chi connectivity index (χ0) is 18.7. The van der Waals surface area contributed by atoms with Crippen molar-refractivity contribution in [1.29, 1.82) is 5.26 Å². The van der Waals surface area contributed by atoms with Gasteiger partial charge in [0.05, 0.1) is 23.3 Å². The molecule has 0 bridgehead atoms. The van der Waals surface area contributed by atoms with Gasteiger partial charge in [0.1, 0.15) is 17.6 Å². The smallest absolute Gasteiger partial charge is 0.257 e. The summed E-state index contributed by atoms with van der Waals surface area (Å²) in [6.07, 6.45) is 1.67. The van der Waals surface area contributed by atoms with Gasteiger partial charge in [-0.3, -0.25) is 4.79 Å². The number of amides is 1. The number of nitriles is 1. The van der Waals surface area contributed by atoms with Gasteiger partial charge in [-0.2, -0.15) is 5.26 Å². The van der Waals surface area contributed by atoms with Gasteiger partial charge in [0, 0.05) is 35.9 Å². The standard InChI is InChI=1S/C18H16ClIN4O2/c1-26-16-10-15(20)14(19)9-13(16)18(25)24-7-5-23(6-8-24)17-12(11-21)3-2-4-22-17/h2-4,9-10H,5-8H2,1H3. The van der Waals surface area contributed by atoms with Gasteiger partial charge in [0.25, 0.3) is 5.91 Å². The second kappa shape index (κ2) is 8.10. The van der Waals surface area contributed by atoms with E-state index in [4.69, 9.17) is 16.3 Å². The van der Waals surface area contributed by atoms with E-state index in [0.29, 0.717) is 53.9 Å². The van der Waals surface area contributed by atoms with E-state index in [0.717, 1.165) is 3.57 Å². The minimum absolute atomic E-state index is 0.110. The second-order valence-corrected chi connectivity index (χ2v) is 7.30. The molecule has 1 amide bonds. The van der Waals surface area contributed by atoms with Gasteiger partial charge in [0.2, 0.25) is 0 Å². The van der Waals surface area contributed by atoms with Gasteiger partial charge < -0.3 is 14.5 Å². The van der Waals surface area contributed by atoms with Crippen LogP contribution < -0.4 is 9.64 Å². The molecule has 1 fully saturated rings. The Morgan fingerprint density at radius 1 is 1.35 bits per heavy atom. The van der Waals surface area contributed by atoms with Crippen molar-refractivity contribution in [3.8, 4) is 11.8 Å². The minimum Gasteiger partial charge on any atom is -0.496 e. The van der Waals surface area contributed by atoms with E-state index >= 15 is 0 Å². The van der Waals surface area contributed by atoms with Crippen LogP contribution in [0.2, 0.25) is 5.02 Å². The maximum Gasteiger partial charge on any atom is 0.257 e. The normalized spacial score (nSPS) is 14.1. The van der Waals surface area contributed by atoms with E-state index in [9.17, 15) is 10.1 Å². The summed E-state index contributed by atoms with van der Waals surface area (Å²) in [7, 11) is 1.54. The van der Waals surface area contributed by atoms with Crippen LogP contribution >= 0.6 is 34.2 Å². The highest BCUT2D eigenvalue weighted by Crippen LogP contribution is 2.29. The molecule has 134 valence electrons. The van der Waals surface area contributed by atoms with Crippen LogP contribution in [0.1, 0.15) is 15.9 Å². The molecule has 1 aromatic heterocycles. The number of hydrogen-bond acceptors (Lipinski definition) is 5. The number of piperazine rings is 1. The first-order chi connectivity index (χ1) is 12.5. The Labute approximate surface area is 170 Å². The average molecular weight is 483 g/mol. The molecule has 1 saturated heterocycles. The molecule has 3 rings (SSSR count). The number of anilines is 1. The van der Waals surface area contributed by atoms with Crippen molar-refractivity contribution in [2.45, 2.75) is 0 Å². The van der Waals surface area contributed by atoms with Gasteiger partial charge in [-0.15, -0.1) is 0 Å². The van der Waals surface area contributed by atoms with Crippen LogP contribution in [-0.2, 0) is 0 Å². The van der Waals surface area contributed by atoms with Gasteiger partial charge in [0.15, 0.2) is 0 Å². The molecule has 8 heteroatoms. The number of rotatable bonds is 3. The van der Waals surface area contributed by atoms with Crippen LogP contribution in [0.15, 0.2) is 30.5 Å². The molecule has 6 nitrogen and oxygen atoms in total. The van der Waals surface area contributed by atoms with Crippen molar-refractivity contribution >= 4 is 45.9 Å². The van der Waals surface area contributed by atoms with Crippen LogP contribution in [0, 0.1) is 14.9 Å². The van der Waals surface area contributed by atoms with Crippen molar-refractivity contribution in [2.75, 3.05) is 38.2 Å². The maximum atomic E-state index is 12.9. The first kappa shape index (κ1) is 18.7. The number of nitrogens with zero attached hydrogens (tertiary/aromatic N) is 4. The number of halogens is 2. The Bertz CT molecular complexity index is 876. The third-order valence-corrected chi connectivity index (χ3v) is 5.77. The summed E-state index contributed by atoms with van der Waals surface area (Å²) in [4.78, 5) is 21.0. The topological polar surface area (TPSA) is 69.5 Å². The Morgan fingerprint density at radius 3 is 2.73 bits per heavy atom. The van der Waals surface area contributed by atoms with Gasteiger partial charge in [-0.1, -0.05) is 11.6 Å². The summed E-state index contributed by atoms with van der Waals surface area (Å²) in [5.74, 6) is 1.07. The maximum absolute atomic E-state index is 12.9. The third kappa shape index (κ3) is 3.71. The number of ether oxygens (including phenoxy) is 1. The molecule has 2 aromatic rings. The summed E-state index contributed by atoms with van der Waals surface area (Å²) in [5, 5.41) is 9.76. The second-order valence-electron chi connectivity index (χ2n) is 5.73. The molecule has 0 atom stereocenters. The molecule has 26 heavy (non-hydrogen) atoms. The largest absolute Gasteiger partial charge is 0.496 e. The fraction of sp³-hybridized carbons (Fsp3) is 0.278. The van der Waals surface area contributed by atoms with E-state index in [1.165, 1.54) is 0 Å². The lowest BCUT2D eigenvalue weighted by molar-refractivity contribution is 0.0743. The van der Waals surface area contributed by atoms with Crippen molar-refractivity contribution in [3.63, 3.8) is 0 Å². The molecule has 0 unspecified atom stereocenters. The summed E-state index contributed by atoms with van der Waals surface area (Å²) < 4.78 is 6.18. The van der Waals surface area contributed by atoms with E-state index in [2.05, 4.69) is 33.6 Å². The van der Waals surface area contributed by atoms with E-state index in [-0.39, 0.29) is 5.91 Å². The number of benzene rings is 1. The molecule has 0 spiro atoms. The predicted octanol–water partition coefficient (Wildman–Crippen LogP) is 3.18. The highest BCUT2D eigenvalue weighted by atomic mass is 127. The first-order valence-electron chi connectivity index (χ1n) is 7.97. The zero-order valence-electron chi connectivity index (χ0n) is 14.1. The fourth-order valence-electron chi connectivity index (χ4n) is 2.89. The average Bonchev–Trinajstić information content (AvgIpc) is 2.69. The SMILES string of the molecule is COc1cc(I)c(Cl)cc1C(=O)N1CCN(c2ncccc2C#N)CC1. The highest BCUT2D eigenvalue weighted by Gasteiger charge is 2.26. The molecule has 2 heterocycles. The molecular weight excluding hydrogens is 467 g/mol. The molecule has 0 aliphatic carbocycles. The van der Waals surface area contributed by atoms with E-state index < -0.39 is 0 Å². The zero-order valence-corrected chi connectivity index (χ0v) is 17.0. The summed E-state index contributed by atoms with van der Waals surface area (Å²) in [6, 6.07) is 9.08. The minimum atomic E-state index is -0.110. The van der Waals surface area contributed by atoms with Crippen LogP contribution in [0.3, 0.4) is 0 Å². The Kier molecular flexibility index (Phi) is 5.84. The van der Waals surface area contributed by atoms with Crippen LogP contribution in [0.25, 0.3) is 0 Å². The lowest BCUT2D eigenvalue weighted by atomic mass is 10.1. The molecule has 1 aliphatic heterocycles. The van der Waals surface area contributed by atoms with E-state index in [1.807, 2.05) is 4.90 Å². The molecule has 1 aromatic carbocycles. The van der Waals surface area contributed by atoms with Crippen LogP contribution in [-0.4, -0.2) is 49.1 Å². The van der Waals surface area contributed by atoms with Crippen molar-refractivity contribution in [3.05, 3.63) is 50.2 Å². The van der Waals surface area contributed by atoms with Crippen molar-refractivity contribution < 1.29 is 9.53 Å².